The molecule has 0 saturated carbocycles. The van der Waals surface area contributed by atoms with Crippen LogP contribution in [-0.2, 0) is 11.2 Å². The molecule has 0 aliphatic heterocycles. The summed E-state index contributed by atoms with van der Waals surface area (Å²) in [7, 11) is 1.76. The van der Waals surface area contributed by atoms with Crippen molar-refractivity contribution in [3.8, 4) is 5.69 Å². The Morgan fingerprint density at radius 1 is 0.865 bits per heavy atom. The summed E-state index contributed by atoms with van der Waals surface area (Å²) in [5, 5.41) is 1.79. The fraction of sp³-hybridized carbons (Fsp3) is 0.156. The van der Waals surface area contributed by atoms with Crippen molar-refractivity contribution in [3.63, 3.8) is 0 Å². The summed E-state index contributed by atoms with van der Waals surface area (Å²) in [6.45, 7) is 5.69. The molecule has 0 fully saturated rings. The van der Waals surface area contributed by atoms with Gasteiger partial charge in [0.1, 0.15) is 0 Å². The second kappa shape index (κ2) is 9.86. The highest BCUT2D eigenvalue weighted by Crippen LogP contribution is 2.28. The number of amides is 1. The van der Waals surface area contributed by atoms with Gasteiger partial charge in [0.05, 0.1) is 16.7 Å². The van der Waals surface area contributed by atoms with Crippen LogP contribution in [0.1, 0.15) is 31.9 Å². The molecule has 37 heavy (non-hydrogen) atoms. The zero-order valence-corrected chi connectivity index (χ0v) is 21.5. The summed E-state index contributed by atoms with van der Waals surface area (Å²) >= 11 is 0. The molecule has 0 radical (unpaired) electrons. The van der Waals surface area contributed by atoms with E-state index in [1.165, 1.54) is 5.56 Å². The molecule has 0 spiro atoms. The van der Waals surface area contributed by atoms with Crippen LogP contribution in [0.2, 0.25) is 0 Å². The van der Waals surface area contributed by atoms with Crippen LogP contribution in [0, 0.1) is 0 Å². The van der Waals surface area contributed by atoms with Crippen LogP contribution in [0.4, 0.5) is 5.69 Å². The SMILES string of the molecule is CC(C)=C(C)C(=O)N(C)c1cccc(-n2c(=O)ccc3cnc4ccc(Cc5ccccc5)cc4c32)c1. The summed E-state index contributed by atoms with van der Waals surface area (Å²) in [6, 6.07) is 27.5. The molecule has 0 aliphatic rings. The summed E-state index contributed by atoms with van der Waals surface area (Å²) in [4.78, 5) is 32.6. The van der Waals surface area contributed by atoms with E-state index in [2.05, 4.69) is 29.2 Å². The first-order chi connectivity index (χ1) is 17.8. The summed E-state index contributed by atoms with van der Waals surface area (Å²) < 4.78 is 1.72. The lowest BCUT2D eigenvalue weighted by molar-refractivity contribution is -0.114. The predicted molar refractivity (Wildman–Crippen MR) is 152 cm³/mol. The molecule has 3 aromatic carbocycles. The predicted octanol–water partition coefficient (Wildman–Crippen LogP) is 6.45. The van der Waals surface area contributed by atoms with E-state index in [0.29, 0.717) is 11.3 Å². The van der Waals surface area contributed by atoms with Gasteiger partial charge in [0.15, 0.2) is 0 Å². The topological polar surface area (TPSA) is 55.2 Å². The maximum atomic E-state index is 13.3. The number of allylic oxidation sites excluding steroid dienone is 1. The minimum atomic E-state index is -0.139. The molecule has 5 rings (SSSR count). The van der Waals surface area contributed by atoms with E-state index >= 15 is 0 Å². The Kier molecular flexibility index (Phi) is 6.45. The standard InChI is InChI=1S/C32H29N3O2/c1-21(2)22(3)32(37)34(4)26-11-8-12-27(19-26)35-30(36)16-14-25-20-33-29-15-13-24(18-28(29)31(25)35)17-23-9-6-5-7-10-23/h5-16,18-20H,17H2,1-4H3. The van der Waals surface area contributed by atoms with Crippen LogP contribution in [0.25, 0.3) is 27.5 Å². The van der Waals surface area contributed by atoms with E-state index in [0.717, 1.165) is 45.1 Å². The minimum Gasteiger partial charge on any atom is -0.312 e. The number of likely N-dealkylation sites (N-methyl/N-ethyl adjacent to an activating group) is 1. The number of carbonyl (C=O) groups excluding carboxylic acids is 1. The minimum absolute atomic E-state index is 0.0670. The highest BCUT2D eigenvalue weighted by atomic mass is 16.2. The number of anilines is 1. The van der Waals surface area contributed by atoms with Gasteiger partial charge in [-0.15, -0.1) is 0 Å². The number of fused-ring (bicyclic) bond motifs is 3. The first-order valence-electron chi connectivity index (χ1n) is 12.3. The summed E-state index contributed by atoms with van der Waals surface area (Å²) in [5.74, 6) is -0.0670. The highest BCUT2D eigenvalue weighted by molar-refractivity contribution is 6.06. The quantitative estimate of drug-likeness (QED) is 0.211. The lowest BCUT2D eigenvalue weighted by Crippen LogP contribution is -2.27. The molecular formula is C32H29N3O2. The molecule has 0 unspecified atom stereocenters. The highest BCUT2D eigenvalue weighted by Gasteiger charge is 2.16. The van der Waals surface area contributed by atoms with Crippen LogP contribution in [0.15, 0.2) is 107 Å². The van der Waals surface area contributed by atoms with E-state index in [-0.39, 0.29) is 11.5 Å². The second-order valence-electron chi connectivity index (χ2n) is 9.59. The zero-order valence-electron chi connectivity index (χ0n) is 21.5. The number of benzene rings is 3. The number of carbonyl (C=O) groups is 1. The Morgan fingerprint density at radius 2 is 1.65 bits per heavy atom. The smallest absolute Gasteiger partial charge is 0.255 e. The van der Waals surface area contributed by atoms with Gasteiger partial charge in [-0.05, 0) is 74.7 Å². The zero-order chi connectivity index (χ0) is 26.1. The summed E-state index contributed by atoms with van der Waals surface area (Å²) in [5.41, 5.74) is 6.96. The van der Waals surface area contributed by atoms with Gasteiger partial charge in [0, 0.05) is 41.3 Å². The van der Waals surface area contributed by atoms with Gasteiger partial charge < -0.3 is 4.90 Å². The number of aromatic nitrogens is 2. The lowest BCUT2D eigenvalue weighted by atomic mass is 10.0. The number of hydrogen-bond acceptors (Lipinski definition) is 3. The van der Waals surface area contributed by atoms with E-state index < -0.39 is 0 Å². The van der Waals surface area contributed by atoms with Gasteiger partial charge in [0.25, 0.3) is 11.5 Å². The Bertz CT molecular complexity index is 1730. The third-order valence-corrected chi connectivity index (χ3v) is 6.88. The Hall–Kier alpha value is -4.51. The third kappa shape index (κ3) is 4.68. The van der Waals surface area contributed by atoms with Gasteiger partial charge in [-0.3, -0.25) is 19.1 Å². The molecule has 0 atom stereocenters. The van der Waals surface area contributed by atoms with E-state index in [1.807, 2.05) is 81.6 Å². The van der Waals surface area contributed by atoms with Crippen LogP contribution in [0.3, 0.4) is 0 Å². The molecule has 1 amide bonds. The number of nitrogens with zero attached hydrogens (tertiary/aromatic N) is 3. The first-order valence-corrected chi connectivity index (χ1v) is 12.3. The molecule has 0 bridgehead atoms. The van der Waals surface area contributed by atoms with Crippen molar-refractivity contribution >= 4 is 33.4 Å². The Labute approximate surface area is 216 Å². The Balaban J connectivity index is 1.68. The molecular weight excluding hydrogens is 458 g/mol. The van der Waals surface area contributed by atoms with Gasteiger partial charge in [-0.1, -0.05) is 48.0 Å². The van der Waals surface area contributed by atoms with Crippen LogP contribution in [0.5, 0.6) is 0 Å². The molecule has 2 aromatic heterocycles. The normalized spacial score (nSPS) is 11.0. The molecule has 0 aliphatic carbocycles. The number of hydrogen-bond donors (Lipinski definition) is 0. The molecule has 5 heteroatoms. The van der Waals surface area contributed by atoms with Gasteiger partial charge in [0.2, 0.25) is 0 Å². The maximum Gasteiger partial charge on any atom is 0.255 e. The molecule has 5 nitrogen and oxygen atoms in total. The van der Waals surface area contributed by atoms with Crippen molar-refractivity contribution in [3.05, 3.63) is 124 Å². The van der Waals surface area contributed by atoms with Crippen LogP contribution < -0.4 is 10.5 Å². The van der Waals surface area contributed by atoms with Gasteiger partial charge >= 0.3 is 0 Å². The van der Waals surface area contributed by atoms with Crippen molar-refractivity contribution in [2.45, 2.75) is 27.2 Å². The van der Waals surface area contributed by atoms with Crippen LogP contribution in [-0.4, -0.2) is 22.5 Å². The molecule has 0 N–H and O–H groups in total. The Morgan fingerprint density at radius 3 is 2.41 bits per heavy atom. The van der Waals surface area contributed by atoms with Gasteiger partial charge in [-0.25, -0.2) is 0 Å². The maximum absolute atomic E-state index is 13.3. The second-order valence-corrected chi connectivity index (χ2v) is 9.59. The van der Waals surface area contributed by atoms with E-state index in [9.17, 15) is 9.59 Å². The number of rotatable bonds is 5. The fourth-order valence-corrected chi connectivity index (χ4v) is 4.58. The molecule has 5 aromatic rings. The van der Waals surface area contributed by atoms with Crippen LogP contribution >= 0.6 is 0 Å². The lowest BCUT2D eigenvalue weighted by Gasteiger charge is -2.20. The summed E-state index contributed by atoms with van der Waals surface area (Å²) in [6.07, 6.45) is 2.60. The monoisotopic (exact) mass is 487 g/mol. The average molecular weight is 488 g/mol. The third-order valence-electron chi connectivity index (χ3n) is 6.88. The van der Waals surface area contributed by atoms with E-state index in [4.69, 9.17) is 0 Å². The molecule has 2 heterocycles. The first kappa shape index (κ1) is 24.2. The van der Waals surface area contributed by atoms with Crippen molar-refractivity contribution in [1.82, 2.24) is 9.55 Å². The van der Waals surface area contributed by atoms with E-state index in [1.54, 1.807) is 22.6 Å². The van der Waals surface area contributed by atoms with Gasteiger partial charge in [-0.2, -0.15) is 0 Å². The van der Waals surface area contributed by atoms with Crippen molar-refractivity contribution in [2.24, 2.45) is 0 Å². The average Bonchev–Trinajstić information content (AvgIpc) is 2.92. The largest absolute Gasteiger partial charge is 0.312 e. The van der Waals surface area contributed by atoms with Crippen molar-refractivity contribution in [1.29, 1.82) is 0 Å². The molecule has 0 saturated heterocycles. The van der Waals surface area contributed by atoms with Crippen molar-refractivity contribution in [2.75, 3.05) is 11.9 Å². The fourth-order valence-electron chi connectivity index (χ4n) is 4.58. The van der Waals surface area contributed by atoms with Crippen molar-refractivity contribution < 1.29 is 4.79 Å². The molecule has 184 valence electrons. The number of pyridine rings is 2.